The first-order chi connectivity index (χ1) is 8.26. The molecule has 0 radical (unpaired) electrons. The molecule has 0 fully saturated rings. The zero-order valence-corrected chi connectivity index (χ0v) is 10.1. The van der Waals surface area contributed by atoms with Crippen molar-refractivity contribution in [3.8, 4) is 5.69 Å². The van der Waals surface area contributed by atoms with Crippen LogP contribution in [-0.4, -0.2) is 27.2 Å². The Morgan fingerprint density at radius 1 is 1.35 bits per heavy atom. The maximum atomic E-state index is 9.16. The third-order valence-electron chi connectivity index (χ3n) is 2.35. The molecule has 1 aromatic heterocycles. The van der Waals surface area contributed by atoms with Crippen LogP contribution in [0.1, 0.15) is 11.4 Å². The quantitative estimate of drug-likeness (QED) is 0.898. The Morgan fingerprint density at radius 2 is 2.06 bits per heavy atom. The van der Waals surface area contributed by atoms with Gasteiger partial charge in [-0.25, -0.2) is 4.68 Å². The minimum absolute atomic E-state index is 0.160. The molecule has 1 N–H and O–H groups in total. The maximum absolute atomic E-state index is 9.16. The lowest BCUT2D eigenvalue weighted by Crippen LogP contribution is -2.04. The van der Waals surface area contributed by atoms with Gasteiger partial charge < -0.3 is 9.84 Å². The number of rotatable bonds is 4. The third-order valence-corrected chi connectivity index (χ3v) is 2.60. The highest BCUT2D eigenvalue weighted by atomic mass is 35.5. The molecule has 0 aliphatic heterocycles. The average Bonchev–Trinajstić information content (AvgIpc) is 2.74. The zero-order chi connectivity index (χ0) is 12.3. The van der Waals surface area contributed by atoms with Gasteiger partial charge in [-0.05, 0) is 24.3 Å². The van der Waals surface area contributed by atoms with Gasteiger partial charge in [0.2, 0.25) is 0 Å². The van der Waals surface area contributed by atoms with Gasteiger partial charge in [0, 0.05) is 12.1 Å². The van der Waals surface area contributed by atoms with E-state index in [0.717, 1.165) is 11.4 Å². The molecule has 0 saturated heterocycles. The number of hydrogen-bond acceptors (Lipinski definition) is 4. The van der Waals surface area contributed by atoms with Gasteiger partial charge in [0.1, 0.15) is 5.69 Å². The predicted molar refractivity (Wildman–Crippen MR) is 63.0 cm³/mol. The van der Waals surface area contributed by atoms with Crippen molar-refractivity contribution < 1.29 is 9.84 Å². The molecule has 6 heteroatoms. The third kappa shape index (κ3) is 2.46. The fourth-order valence-electron chi connectivity index (χ4n) is 1.53. The number of nitrogens with zero attached hydrogens (tertiary/aromatic N) is 3. The fourth-order valence-corrected chi connectivity index (χ4v) is 1.65. The summed E-state index contributed by atoms with van der Waals surface area (Å²) in [6.07, 6.45) is 0. The molecule has 5 nitrogen and oxygen atoms in total. The first-order valence-corrected chi connectivity index (χ1v) is 5.43. The Labute approximate surface area is 104 Å². The maximum Gasteiger partial charge on any atom is 0.114 e. The topological polar surface area (TPSA) is 60.2 Å². The lowest BCUT2D eigenvalue weighted by Gasteiger charge is -2.06. The number of methoxy groups -OCH3 is 1. The highest BCUT2D eigenvalue weighted by molar-refractivity contribution is 6.30. The molecular weight excluding hydrogens is 242 g/mol. The Morgan fingerprint density at radius 3 is 2.65 bits per heavy atom. The standard InChI is InChI=1S/C11H12ClN3O2/c1-17-7-11-10(6-16)13-14-15(11)9-4-2-8(12)3-5-9/h2-5,16H,6-7H2,1H3. The Hall–Kier alpha value is -1.43. The van der Waals surface area contributed by atoms with Crippen molar-refractivity contribution in [2.45, 2.75) is 13.2 Å². The number of ether oxygens (including phenoxy) is 1. The Kier molecular flexibility index (Phi) is 3.73. The predicted octanol–water partition coefficient (Wildman–Crippen LogP) is 1.56. The second-order valence-corrected chi connectivity index (χ2v) is 3.90. The average molecular weight is 254 g/mol. The van der Waals surface area contributed by atoms with E-state index in [-0.39, 0.29) is 6.61 Å². The van der Waals surface area contributed by atoms with E-state index in [0.29, 0.717) is 17.3 Å². The largest absolute Gasteiger partial charge is 0.390 e. The van der Waals surface area contributed by atoms with E-state index >= 15 is 0 Å². The SMILES string of the molecule is COCc1c(CO)nnn1-c1ccc(Cl)cc1. The van der Waals surface area contributed by atoms with Crippen LogP contribution < -0.4 is 0 Å². The summed E-state index contributed by atoms with van der Waals surface area (Å²) in [5.41, 5.74) is 2.08. The summed E-state index contributed by atoms with van der Waals surface area (Å²) >= 11 is 5.82. The molecule has 0 amide bonds. The number of benzene rings is 1. The van der Waals surface area contributed by atoms with Crippen molar-refractivity contribution in [1.29, 1.82) is 0 Å². The normalized spacial score (nSPS) is 10.8. The summed E-state index contributed by atoms with van der Waals surface area (Å²) in [5.74, 6) is 0. The second kappa shape index (κ2) is 5.27. The van der Waals surface area contributed by atoms with Crippen LogP contribution in [0.3, 0.4) is 0 Å². The fraction of sp³-hybridized carbons (Fsp3) is 0.273. The van der Waals surface area contributed by atoms with Crippen LogP contribution in [0.25, 0.3) is 5.69 Å². The molecular formula is C11H12ClN3O2. The summed E-state index contributed by atoms with van der Waals surface area (Å²) in [4.78, 5) is 0. The summed E-state index contributed by atoms with van der Waals surface area (Å²) < 4.78 is 6.71. The summed E-state index contributed by atoms with van der Waals surface area (Å²) in [6.45, 7) is 0.178. The highest BCUT2D eigenvalue weighted by Gasteiger charge is 2.13. The van der Waals surface area contributed by atoms with Gasteiger partial charge in [0.15, 0.2) is 0 Å². The smallest absolute Gasteiger partial charge is 0.114 e. The molecule has 17 heavy (non-hydrogen) atoms. The number of halogens is 1. The molecule has 0 saturated carbocycles. The van der Waals surface area contributed by atoms with E-state index < -0.39 is 0 Å². The highest BCUT2D eigenvalue weighted by Crippen LogP contribution is 2.16. The van der Waals surface area contributed by atoms with Crippen LogP contribution >= 0.6 is 11.6 Å². The first kappa shape index (κ1) is 12.0. The molecule has 1 heterocycles. The Bertz CT molecular complexity index is 496. The molecule has 0 spiro atoms. The van der Waals surface area contributed by atoms with Crippen molar-refractivity contribution >= 4 is 11.6 Å². The molecule has 1 aromatic carbocycles. The molecule has 2 rings (SSSR count). The van der Waals surface area contributed by atoms with Gasteiger partial charge in [0.05, 0.1) is 24.6 Å². The van der Waals surface area contributed by atoms with E-state index in [1.807, 2.05) is 12.1 Å². The van der Waals surface area contributed by atoms with Crippen molar-refractivity contribution in [2.75, 3.05) is 7.11 Å². The van der Waals surface area contributed by atoms with Gasteiger partial charge in [-0.1, -0.05) is 16.8 Å². The molecule has 90 valence electrons. The van der Waals surface area contributed by atoms with Crippen LogP contribution in [-0.2, 0) is 18.0 Å². The number of aliphatic hydroxyl groups excluding tert-OH is 1. The lowest BCUT2D eigenvalue weighted by molar-refractivity contribution is 0.175. The molecule has 0 aliphatic rings. The Balaban J connectivity index is 2.43. The summed E-state index contributed by atoms with van der Waals surface area (Å²) in [5, 5.41) is 17.7. The molecule has 2 aromatic rings. The summed E-state index contributed by atoms with van der Waals surface area (Å²) in [6, 6.07) is 7.20. The van der Waals surface area contributed by atoms with Gasteiger partial charge in [-0.15, -0.1) is 5.10 Å². The van der Waals surface area contributed by atoms with Crippen LogP contribution in [0.2, 0.25) is 5.02 Å². The van der Waals surface area contributed by atoms with Gasteiger partial charge >= 0.3 is 0 Å². The van der Waals surface area contributed by atoms with E-state index in [1.165, 1.54) is 0 Å². The molecule has 0 aliphatic carbocycles. The first-order valence-electron chi connectivity index (χ1n) is 5.05. The monoisotopic (exact) mass is 253 g/mol. The van der Waals surface area contributed by atoms with E-state index in [9.17, 15) is 0 Å². The minimum Gasteiger partial charge on any atom is -0.390 e. The van der Waals surface area contributed by atoms with Crippen LogP contribution in [0.5, 0.6) is 0 Å². The van der Waals surface area contributed by atoms with Crippen LogP contribution in [0, 0.1) is 0 Å². The van der Waals surface area contributed by atoms with Gasteiger partial charge in [-0.2, -0.15) is 0 Å². The van der Waals surface area contributed by atoms with Crippen molar-refractivity contribution in [1.82, 2.24) is 15.0 Å². The molecule has 0 bridgehead atoms. The molecule has 0 unspecified atom stereocenters. The van der Waals surface area contributed by atoms with Crippen molar-refractivity contribution in [3.63, 3.8) is 0 Å². The zero-order valence-electron chi connectivity index (χ0n) is 9.30. The molecule has 0 atom stereocenters. The van der Waals surface area contributed by atoms with Gasteiger partial charge in [-0.3, -0.25) is 0 Å². The summed E-state index contributed by atoms with van der Waals surface area (Å²) in [7, 11) is 1.58. The van der Waals surface area contributed by atoms with Crippen molar-refractivity contribution in [3.05, 3.63) is 40.7 Å². The van der Waals surface area contributed by atoms with Crippen LogP contribution in [0.15, 0.2) is 24.3 Å². The van der Waals surface area contributed by atoms with Crippen molar-refractivity contribution in [2.24, 2.45) is 0 Å². The number of aromatic nitrogens is 3. The van der Waals surface area contributed by atoms with E-state index in [2.05, 4.69) is 10.3 Å². The van der Waals surface area contributed by atoms with E-state index in [4.69, 9.17) is 21.4 Å². The van der Waals surface area contributed by atoms with Gasteiger partial charge in [0.25, 0.3) is 0 Å². The van der Waals surface area contributed by atoms with E-state index in [1.54, 1.807) is 23.9 Å². The second-order valence-electron chi connectivity index (χ2n) is 3.46. The van der Waals surface area contributed by atoms with Crippen LogP contribution in [0.4, 0.5) is 0 Å². The minimum atomic E-state index is -0.160. The number of hydrogen-bond donors (Lipinski definition) is 1. The lowest BCUT2D eigenvalue weighted by atomic mass is 10.3. The number of aliphatic hydroxyl groups is 1.